The van der Waals surface area contributed by atoms with E-state index in [1.165, 1.54) is 13.2 Å². The summed E-state index contributed by atoms with van der Waals surface area (Å²) < 4.78 is 11.0. The topological polar surface area (TPSA) is 72.8 Å². The van der Waals surface area contributed by atoms with Crippen LogP contribution in [0.15, 0.2) is 72.8 Å². The van der Waals surface area contributed by atoms with Crippen LogP contribution in [0.5, 0.6) is 11.5 Å². The summed E-state index contributed by atoms with van der Waals surface area (Å²) in [4.78, 5) is 25.0. The van der Waals surface area contributed by atoms with Crippen LogP contribution >= 0.6 is 0 Å². The molecular weight excluding hydrogens is 368 g/mol. The van der Waals surface area contributed by atoms with E-state index in [-0.39, 0.29) is 17.8 Å². The molecule has 148 valence electrons. The number of methoxy groups -OCH3 is 2. The molecule has 29 heavy (non-hydrogen) atoms. The van der Waals surface area contributed by atoms with Gasteiger partial charge in [-0.3, -0.25) is 4.79 Å². The van der Waals surface area contributed by atoms with Gasteiger partial charge in [-0.05, 0) is 18.2 Å². The summed E-state index contributed by atoms with van der Waals surface area (Å²) in [5, 5.41) is 9.79. The lowest BCUT2D eigenvalue weighted by atomic mass is 9.82. The largest absolute Gasteiger partial charge is 0.496 e. The van der Waals surface area contributed by atoms with Gasteiger partial charge in [0.15, 0.2) is 5.78 Å². The minimum atomic E-state index is -1.08. The minimum Gasteiger partial charge on any atom is -0.496 e. The maximum Gasteiger partial charge on any atom is 0.336 e. The number of ketones is 1. The van der Waals surface area contributed by atoms with E-state index in [0.29, 0.717) is 22.6 Å². The number of carbonyl (C=O) groups is 2. The van der Waals surface area contributed by atoms with Crippen molar-refractivity contribution in [1.29, 1.82) is 0 Å². The number of Topliss-reactive ketones (excluding diaryl/α,β-unsaturated/α-hetero) is 1. The molecule has 3 rings (SSSR count). The lowest BCUT2D eigenvalue weighted by Crippen LogP contribution is -2.15. The molecule has 0 spiro atoms. The summed E-state index contributed by atoms with van der Waals surface area (Å²) in [6.07, 6.45) is 0.0744. The van der Waals surface area contributed by atoms with E-state index in [2.05, 4.69) is 0 Å². The van der Waals surface area contributed by atoms with Crippen molar-refractivity contribution in [1.82, 2.24) is 0 Å². The molecule has 0 aliphatic carbocycles. The number of aromatic carboxylic acids is 1. The van der Waals surface area contributed by atoms with Gasteiger partial charge in [-0.25, -0.2) is 4.79 Å². The van der Waals surface area contributed by atoms with Crippen LogP contribution in [-0.4, -0.2) is 31.1 Å². The first-order chi connectivity index (χ1) is 14.1. The fraction of sp³-hybridized carbons (Fsp3) is 0.167. The molecule has 0 saturated carbocycles. The van der Waals surface area contributed by atoms with E-state index in [4.69, 9.17) is 9.47 Å². The first-order valence-electron chi connectivity index (χ1n) is 9.18. The minimum absolute atomic E-state index is 0.0744. The smallest absolute Gasteiger partial charge is 0.336 e. The van der Waals surface area contributed by atoms with Crippen LogP contribution in [0.3, 0.4) is 0 Å². The molecule has 0 bridgehead atoms. The molecule has 0 fully saturated rings. The Morgan fingerprint density at radius 1 is 0.828 bits per heavy atom. The van der Waals surface area contributed by atoms with Gasteiger partial charge in [0.1, 0.15) is 11.5 Å². The van der Waals surface area contributed by atoms with Crippen molar-refractivity contribution in [2.45, 2.75) is 12.3 Å². The highest BCUT2D eigenvalue weighted by Gasteiger charge is 2.29. The van der Waals surface area contributed by atoms with Crippen molar-refractivity contribution in [2.24, 2.45) is 0 Å². The number of carboxylic acids is 1. The van der Waals surface area contributed by atoms with Crippen molar-refractivity contribution in [3.8, 4) is 11.5 Å². The summed E-state index contributed by atoms with van der Waals surface area (Å²) >= 11 is 0. The molecule has 0 saturated heterocycles. The zero-order valence-corrected chi connectivity index (χ0v) is 16.3. The Morgan fingerprint density at radius 2 is 1.45 bits per heavy atom. The average Bonchev–Trinajstić information content (AvgIpc) is 2.77. The third kappa shape index (κ3) is 4.29. The number of carboxylic acid groups (broad SMARTS) is 1. The Balaban J connectivity index is 2.19. The Labute approximate surface area is 169 Å². The average molecular weight is 390 g/mol. The van der Waals surface area contributed by atoms with Gasteiger partial charge in [-0.15, -0.1) is 0 Å². The Bertz CT molecular complexity index is 1010. The monoisotopic (exact) mass is 390 g/mol. The zero-order valence-electron chi connectivity index (χ0n) is 16.3. The number of rotatable bonds is 8. The Kier molecular flexibility index (Phi) is 6.29. The predicted octanol–water partition coefficient (Wildman–Crippen LogP) is 4.81. The quantitative estimate of drug-likeness (QED) is 0.559. The number of carbonyl (C=O) groups excluding carboxylic acids is 1. The molecule has 1 atom stereocenters. The lowest BCUT2D eigenvalue weighted by molar-refractivity contribution is 0.0693. The highest BCUT2D eigenvalue weighted by Crippen LogP contribution is 2.41. The molecule has 1 N–H and O–H groups in total. The summed E-state index contributed by atoms with van der Waals surface area (Å²) in [6.45, 7) is 0. The van der Waals surface area contributed by atoms with E-state index in [9.17, 15) is 14.7 Å². The van der Waals surface area contributed by atoms with Crippen LogP contribution in [0.25, 0.3) is 0 Å². The van der Waals surface area contributed by atoms with Crippen molar-refractivity contribution < 1.29 is 24.2 Å². The Hall–Kier alpha value is -3.60. The fourth-order valence-corrected chi connectivity index (χ4v) is 3.52. The lowest BCUT2D eigenvalue weighted by Gasteiger charge is -2.23. The molecule has 5 heteroatoms. The molecule has 3 aromatic rings. The maximum absolute atomic E-state index is 13.1. The van der Waals surface area contributed by atoms with Crippen molar-refractivity contribution >= 4 is 11.8 Å². The molecule has 5 nitrogen and oxygen atoms in total. The summed E-state index contributed by atoms with van der Waals surface area (Å²) in [7, 11) is 3.04. The predicted molar refractivity (Wildman–Crippen MR) is 110 cm³/mol. The van der Waals surface area contributed by atoms with E-state index in [1.54, 1.807) is 49.6 Å². The summed E-state index contributed by atoms with van der Waals surface area (Å²) in [5.41, 5.74) is 1.85. The highest BCUT2D eigenvalue weighted by molar-refractivity contribution is 5.97. The first kappa shape index (κ1) is 20.1. The normalized spacial score (nSPS) is 11.5. The zero-order chi connectivity index (χ0) is 20.8. The number of para-hydroxylation sites is 1. The third-order valence-corrected chi connectivity index (χ3v) is 4.86. The number of hydrogen-bond donors (Lipinski definition) is 1. The van der Waals surface area contributed by atoms with Crippen LogP contribution in [-0.2, 0) is 0 Å². The number of benzene rings is 3. The van der Waals surface area contributed by atoms with E-state index in [1.807, 2.05) is 24.3 Å². The number of ether oxygens (including phenoxy) is 2. The maximum atomic E-state index is 13.1. The van der Waals surface area contributed by atoms with Gasteiger partial charge in [0.25, 0.3) is 0 Å². The van der Waals surface area contributed by atoms with Crippen LogP contribution in [0.4, 0.5) is 0 Å². The van der Waals surface area contributed by atoms with Crippen molar-refractivity contribution in [3.63, 3.8) is 0 Å². The second kappa shape index (κ2) is 9.06. The van der Waals surface area contributed by atoms with E-state index >= 15 is 0 Å². The molecule has 0 aromatic heterocycles. The van der Waals surface area contributed by atoms with Gasteiger partial charge in [0.05, 0.1) is 19.8 Å². The van der Waals surface area contributed by atoms with Gasteiger partial charge in [-0.2, -0.15) is 0 Å². The SMILES string of the molecule is COc1ccccc1C(CC(=O)c1ccccc1)c1c(OC)cccc1C(=O)O. The molecule has 1 unspecified atom stereocenters. The van der Waals surface area contributed by atoms with Crippen LogP contribution < -0.4 is 9.47 Å². The fourth-order valence-electron chi connectivity index (χ4n) is 3.52. The molecule has 0 aliphatic rings. The van der Waals surface area contributed by atoms with Gasteiger partial charge >= 0.3 is 5.97 Å². The summed E-state index contributed by atoms with van der Waals surface area (Å²) in [6, 6.07) is 21.1. The molecule has 0 radical (unpaired) electrons. The molecule has 0 aliphatic heterocycles. The molecule has 0 amide bonds. The number of hydrogen-bond acceptors (Lipinski definition) is 4. The first-order valence-corrected chi connectivity index (χ1v) is 9.18. The standard InChI is InChI=1S/C24H22O5/c1-28-21-13-7-6-11-17(21)19(15-20(25)16-9-4-3-5-10-16)23-18(24(26)27)12-8-14-22(23)29-2/h3-14,19H,15H2,1-2H3,(H,26,27). The van der Waals surface area contributed by atoms with E-state index < -0.39 is 11.9 Å². The second-order valence-corrected chi connectivity index (χ2v) is 6.51. The van der Waals surface area contributed by atoms with Gasteiger partial charge in [0.2, 0.25) is 0 Å². The van der Waals surface area contributed by atoms with Crippen LogP contribution in [0.2, 0.25) is 0 Å². The van der Waals surface area contributed by atoms with Gasteiger partial charge in [0, 0.05) is 29.0 Å². The Morgan fingerprint density at radius 3 is 2.10 bits per heavy atom. The van der Waals surface area contributed by atoms with E-state index in [0.717, 1.165) is 5.56 Å². The van der Waals surface area contributed by atoms with Crippen LogP contribution in [0.1, 0.15) is 44.2 Å². The van der Waals surface area contributed by atoms with Crippen molar-refractivity contribution in [2.75, 3.05) is 14.2 Å². The van der Waals surface area contributed by atoms with Crippen LogP contribution in [0, 0.1) is 0 Å². The third-order valence-electron chi connectivity index (χ3n) is 4.86. The van der Waals surface area contributed by atoms with Crippen molar-refractivity contribution in [3.05, 3.63) is 95.1 Å². The summed E-state index contributed by atoms with van der Waals surface area (Å²) in [5.74, 6) is -0.724. The van der Waals surface area contributed by atoms with Gasteiger partial charge < -0.3 is 14.6 Å². The highest BCUT2D eigenvalue weighted by atomic mass is 16.5. The second-order valence-electron chi connectivity index (χ2n) is 6.51. The van der Waals surface area contributed by atoms with Gasteiger partial charge in [-0.1, -0.05) is 54.6 Å². The molecule has 0 heterocycles. The molecule has 3 aromatic carbocycles. The molecular formula is C24H22O5.